The average Bonchev–Trinajstić information content (AvgIpc) is 2.96. The molecule has 37 heavy (non-hydrogen) atoms. The molecule has 0 bridgehead atoms. The van der Waals surface area contributed by atoms with Crippen LogP contribution in [0, 0.1) is 0 Å². The SMILES string of the molecule is COc1cccc(-c2ccc3cc(OC)ccc3c2Oc2ccc(CCC=CN3CCCCC3)cc2)c1. The minimum absolute atomic E-state index is 0.817. The molecule has 0 aromatic heterocycles. The average molecular weight is 494 g/mol. The Bertz CT molecular complexity index is 1350. The van der Waals surface area contributed by atoms with E-state index in [1.165, 1.54) is 37.9 Å². The number of ether oxygens (including phenoxy) is 3. The molecule has 1 heterocycles. The molecular weight excluding hydrogens is 458 g/mol. The Morgan fingerprint density at radius 2 is 1.51 bits per heavy atom. The number of aryl methyl sites for hydroxylation is 1. The molecule has 0 saturated carbocycles. The highest BCUT2D eigenvalue weighted by atomic mass is 16.5. The van der Waals surface area contributed by atoms with E-state index in [1.54, 1.807) is 14.2 Å². The Morgan fingerprint density at radius 3 is 2.30 bits per heavy atom. The zero-order valence-corrected chi connectivity index (χ0v) is 21.8. The summed E-state index contributed by atoms with van der Waals surface area (Å²) in [5, 5.41) is 2.10. The number of allylic oxidation sites excluding steroid dienone is 1. The molecule has 4 aromatic carbocycles. The third-order valence-corrected chi connectivity index (χ3v) is 7.01. The lowest BCUT2D eigenvalue weighted by molar-refractivity contribution is 0.308. The number of methoxy groups -OCH3 is 2. The number of piperidine rings is 1. The second-order valence-corrected chi connectivity index (χ2v) is 9.53. The Balaban J connectivity index is 1.37. The topological polar surface area (TPSA) is 30.9 Å². The van der Waals surface area contributed by atoms with Crippen LogP contribution in [0.1, 0.15) is 31.2 Å². The second kappa shape index (κ2) is 11.9. The lowest BCUT2D eigenvalue weighted by Crippen LogP contribution is -2.24. The first-order valence-electron chi connectivity index (χ1n) is 13.2. The summed E-state index contributed by atoms with van der Waals surface area (Å²) >= 11 is 0. The van der Waals surface area contributed by atoms with Crippen molar-refractivity contribution in [2.45, 2.75) is 32.1 Å². The van der Waals surface area contributed by atoms with Crippen LogP contribution in [-0.4, -0.2) is 32.2 Å². The second-order valence-electron chi connectivity index (χ2n) is 9.53. The number of likely N-dealkylation sites (tertiary alicyclic amines) is 1. The Kier molecular flexibility index (Phi) is 7.95. The molecule has 1 saturated heterocycles. The van der Waals surface area contributed by atoms with E-state index in [2.05, 4.69) is 65.7 Å². The van der Waals surface area contributed by atoms with E-state index in [0.29, 0.717) is 0 Å². The van der Waals surface area contributed by atoms with E-state index < -0.39 is 0 Å². The van der Waals surface area contributed by atoms with Crippen LogP contribution in [-0.2, 0) is 6.42 Å². The number of hydrogen-bond donors (Lipinski definition) is 0. The van der Waals surface area contributed by atoms with Crippen LogP contribution in [0.3, 0.4) is 0 Å². The maximum Gasteiger partial charge on any atom is 0.143 e. The summed E-state index contributed by atoms with van der Waals surface area (Å²) in [5.74, 6) is 3.29. The van der Waals surface area contributed by atoms with Crippen LogP contribution in [0.15, 0.2) is 91.1 Å². The van der Waals surface area contributed by atoms with Crippen molar-refractivity contribution in [1.29, 1.82) is 0 Å². The van der Waals surface area contributed by atoms with Crippen LogP contribution in [0.2, 0.25) is 0 Å². The highest BCUT2D eigenvalue weighted by molar-refractivity contribution is 5.96. The predicted octanol–water partition coefficient (Wildman–Crippen LogP) is 8.25. The number of benzene rings is 4. The molecule has 190 valence electrons. The lowest BCUT2D eigenvalue weighted by Gasteiger charge is -2.24. The van der Waals surface area contributed by atoms with Crippen molar-refractivity contribution in [2.24, 2.45) is 0 Å². The van der Waals surface area contributed by atoms with Gasteiger partial charge in [0, 0.05) is 24.0 Å². The van der Waals surface area contributed by atoms with Gasteiger partial charge in [-0.2, -0.15) is 0 Å². The highest BCUT2D eigenvalue weighted by Gasteiger charge is 2.14. The first-order chi connectivity index (χ1) is 18.2. The van der Waals surface area contributed by atoms with Gasteiger partial charge in [-0.05, 0) is 103 Å². The largest absolute Gasteiger partial charge is 0.497 e. The molecule has 1 aliphatic rings. The van der Waals surface area contributed by atoms with E-state index in [1.807, 2.05) is 30.3 Å². The third kappa shape index (κ3) is 6.08. The fraction of sp³-hybridized carbons (Fsp3) is 0.273. The van der Waals surface area contributed by atoms with E-state index in [4.69, 9.17) is 14.2 Å². The Morgan fingerprint density at radius 1 is 0.757 bits per heavy atom. The molecule has 0 spiro atoms. The zero-order valence-electron chi connectivity index (χ0n) is 21.8. The van der Waals surface area contributed by atoms with Crippen molar-refractivity contribution in [2.75, 3.05) is 27.3 Å². The van der Waals surface area contributed by atoms with Gasteiger partial charge < -0.3 is 19.1 Å². The van der Waals surface area contributed by atoms with Gasteiger partial charge in [-0.1, -0.05) is 36.4 Å². The van der Waals surface area contributed by atoms with Gasteiger partial charge in [0.1, 0.15) is 23.0 Å². The summed E-state index contributed by atoms with van der Waals surface area (Å²) < 4.78 is 17.5. The quantitative estimate of drug-likeness (QED) is 0.235. The first-order valence-corrected chi connectivity index (χ1v) is 13.2. The molecular formula is C33H35NO3. The molecule has 5 rings (SSSR count). The highest BCUT2D eigenvalue weighted by Crippen LogP contribution is 2.41. The number of nitrogens with zero attached hydrogens (tertiary/aromatic N) is 1. The van der Waals surface area contributed by atoms with Crippen LogP contribution in [0.25, 0.3) is 21.9 Å². The van der Waals surface area contributed by atoms with Gasteiger partial charge in [0.15, 0.2) is 0 Å². The van der Waals surface area contributed by atoms with Gasteiger partial charge in [0.25, 0.3) is 0 Å². The Hall–Kier alpha value is -3.92. The first kappa shape index (κ1) is 24.8. The van der Waals surface area contributed by atoms with E-state index >= 15 is 0 Å². The van der Waals surface area contributed by atoms with Crippen LogP contribution in [0.4, 0.5) is 0 Å². The summed E-state index contributed by atoms with van der Waals surface area (Å²) in [5.41, 5.74) is 3.37. The smallest absolute Gasteiger partial charge is 0.143 e. The van der Waals surface area contributed by atoms with Crippen molar-refractivity contribution >= 4 is 10.8 Å². The number of hydrogen-bond acceptors (Lipinski definition) is 4. The van der Waals surface area contributed by atoms with Gasteiger partial charge >= 0.3 is 0 Å². The fourth-order valence-corrected chi connectivity index (χ4v) is 4.92. The van der Waals surface area contributed by atoms with Crippen LogP contribution >= 0.6 is 0 Å². The molecule has 0 unspecified atom stereocenters. The van der Waals surface area contributed by atoms with Crippen molar-refractivity contribution in [3.8, 4) is 34.1 Å². The molecule has 1 fully saturated rings. The predicted molar refractivity (Wildman–Crippen MR) is 152 cm³/mol. The molecule has 0 N–H and O–H groups in total. The molecule has 4 aromatic rings. The van der Waals surface area contributed by atoms with Gasteiger partial charge in [0.2, 0.25) is 0 Å². The normalized spacial score (nSPS) is 13.7. The van der Waals surface area contributed by atoms with Crippen molar-refractivity contribution in [3.63, 3.8) is 0 Å². The maximum absolute atomic E-state index is 6.58. The fourth-order valence-electron chi connectivity index (χ4n) is 4.92. The summed E-state index contributed by atoms with van der Waals surface area (Å²) in [4.78, 5) is 2.44. The number of rotatable bonds is 9. The molecule has 0 atom stereocenters. The maximum atomic E-state index is 6.58. The summed E-state index contributed by atoms with van der Waals surface area (Å²) in [7, 11) is 3.38. The van der Waals surface area contributed by atoms with Crippen LogP contribution in [0.5, 0.6) is 23.0 Å². The van der Waals surface area contributed by atoms with Gasteiger partial charge in [0.05, 0.1) is 14.2 Å². The minimum atomic E-state index is 0.817. The lowest BCUT2D eigenvalue weighted by atomic mass is 9.99. The van der Waals surface area contributed by atoms with Crippen molar-refractivity contribution in [1.82, 2.24) is 4.90 Å². The van der Waals surface area contributed by atoms with Crippen LogP contribution < -0.4 is 14.2 Å². The zero-order chi connectivity index (χ0) is 25.5. The van der Waals surface area contributed by atoms with Crippen molar-refractivity contribution in [3.05, 3.63) is 96.7 Å². The monoisotopic (exact) mass is 493 g/mol. The summed E-state index contributed by atoms with van der Waals surface area (Å²) in [6.07, 6.45) is 10.7. The van der Waals surface area contributed by atoms with Gasteiger partial charge in [-0.15, -0.1) is 0 Å². The standard InChI is InChI=1S/C33H35NO3/c1-35-29-11-8-10-26(23-29)31-18-14-27-24-30(36-2)17-19-32(27)33(31)37-28-15-12-25(13-16-28)9-4-7-22-34-20-5-3-6-21-34/h7-8,10-19,22-24H,3-6,9,20-21H2,1-2H3. The summed E-state index contributed by atoms with van der Waals surface area (Å²) in [6.45, 7) is 2.39. The van der Waals surface area contributed by atoms with Gasteiger partial charge in [-0.25, -0.2) is 0 Å². The molecule has 4 heteroatoms. The molecule has 4 nitrogen and oxygen atoms in total. The van der Waals surface area contributed by atoms with Crippen molar-refractivity contribution < 1.29 is 14.2 Å². The Labute approximate surface area is 220 Å². The third-order valence-electron chi connectivity index (χ3n) is 7.01. The molecule has 1 aliphatic heterocycles. The molecule has 0 radical (unpaired) electrons. The molecule has 0 amide bonds. The number of fused-ring (bicyclic) bond motifs is 1. The van der Waals surface area contributed by atoms with E-state index in [0.717, 1.165) is 57.7 Å². The molecule has 0 aliphatic carbocycles. The minimum Gasteiger partial charge on any atom is -0.497 e. The summed E-state index contributed by atoms with van der Waals surface area (Å²) in [6, 6.07) is 26.9. The van der Waals surface area contributed by atoms with E-state index in [9.17, 15) is 0 Å². The van der Waals surface area contributed by atoms with Gasteiger partial charge in [-0.3, -0.25) is 0 Å². The van der Waals surface area contributed by atoms with E-state index in [-0.39, 0.29) is 0 Å².